The number of aliphatic hydroxyl groups is 1. The van der Waals surface area contributed by atoms with Crippen LogP contribution in [0.1, 0.15) is 17.2 Å². The molecule has 0 bridgehead atoms. The van der Waals surface area contributed by atoms with Crippen LogP contribution in [0, 0.1) is 0 Å². The van der Waals surface area contributed by atoms with Gasteiger partial charge in [0.15, 0.2) is 0 Å². The molecule has 0 saturated carbocycles. The third-order valence-electron chi connectivity index (χ3n) is 4.66. The Morgan fingerprint density at radius 2 is 1.72 bits per heavy atom. The van der Waals surface area contributed by atoms with Crippen molar-refractivity contribution in [2.24, 2.45) is 0 Å². The number of thiazole rings is 1. The SMILES string of the molecule is O[C@@H](CNCCc1ccc(-c2csc(-c3cccnc3)n2)cc1)c1cccnc1. The van der Waals surface area contributed by atoms with Crippen LogP contribution in [0.5, 0.6) is 0 Å². The zero-order chi connectivity index (χ0) is 19.9. The van der Waals surface area contributed by atoms with E-state index in [1.165, 1.54) is 5.56 Å². The predicted molar refractivity (Wildman–Crippen MR) is 117 cm³/mol. The summed E-state index contributed by atoms with van der Waals surface area (Å²) in [5.41, 5.74) is 5.22. The molecule has 146 valence electrons. The number of aliphatic hydroxyl groups excluding tert-OH is 1. The van der Waals surface area contributed by atoms with E-state index in [9.17, 15) is 5.11 Å². The molecule has 29 heavy (non-hydrogen) atoms. The number of nitrogens with zero attached hydrogens (tertiary/aromatic N) is 3. The van der Waals surface area contributed by atoms with Gasteiger partial charge in [-0.3, -0.25) is 9.97 Å². The quantitative estimate of drug-likeness (QED) is 0.434. The van der Waals surface area contributed by atoms with Crippen molar-refractivity contribution in [1.29, 1.82) is 0 Å². The summed E-state index contributed by atoms with van der Waals surface area (Å²) < 4.78 is 0. The van der Waals surface area contributed by atoms with Gasteiger partial charge in [0.2, 0.25) is 0 Å². The lowest BCUT2D eigenvalue weighted by molar-refractivity contribution is 0.174. The molecule has 6 heteroatoms. The van der Waals surface area contributed by atoms with Gasteiger partial charge in [-0.05, 0) is 36.7 Å². The maximum Gasteiger partial charge on any atom is 0.125 e. The van der Waals surface area contributed by atoms with Gasteiger partial charge in [-0.15, -0.1) is 11.3 Å². The minimum atomic E-state index is -0.537. The number of hydrogen-bond donors (Lipinski definition) is 2. The van der Waals surface area contributed by atoms with E-state index < -0.39 is 6.10 Å². The van der Waals surface area contributed by atoms with E-state index in [0.717, 1.165) is 40.4 Å². The molecular weight excluding hydrogens is 380 g/mol. The van der Waals surface area contributed by atoms with Crippen LogP contribution in [0.25, 0.3) is 21.8 Å². The van der Waals surface area contributed by atoms with Gasteiger partial charge < -0.3 is 10.4 Å². The van der Waals surface area contributed by atoms with Crippen LogP contribution in [0.4, 0.5) is 0 Å². The van der Waals surface area contributed by atoms with Gasteiger partial charge in [-0.1, -0.05) is 30.3 Å². The van der Waals surface area contributed by atoms with E-state index in [0.29, 0.717) is 6.54 Å². The van der Waals surface area contributed by atoms with Crippen LogP contribution in [-0.4, -0.2) is 33.1 Å². The van der Waals surface area contributed by atoms with Crippen LogP contribution < -0.4 is 5.32 Å². The van der Waals surface area contributed by atoms with Crippen molar-refractivity contribution in [3.8, 4) is 21.8 Å². The standard InChI is InChI=1S/C23H22N4OS/c28-22(19-3-1-10-24-13-19)15-26-12-9-17-5-7-18(8-6-17)21-16-29-23(27-21)20-4-2-11-25-14-20/h1-8,10-11,13-14,16,22,26,28H,9,12,15H2/t22-/m0/s1. The van der Waals surface area contributed by atoms with Crippen molar-refractivity contribution >= 4 is 11.3 Å². The average Bonchev–Trinajstić information content (AvgIpc) is 3.28. The van der Waals surface area contributed by atoms with Crippen molar-refractivity contribution in [3.05, 3.63) is 89.8 Å². The molecule has 4 rings (SSSR count). The van der Waals surface area contributed by atoms with Crippen LogP contribution in [0.2, 0.25) is 0 Å². The normalized spacial score (nSPS) is 12.0. The second-order valence-electron chi connectivity index (χ2n) is 6.73. The van der Waals surface area contributed by atoms with Crippen molar-refractivity contribution in [3.63, 3.8) is 0 Å². The lowest BCUT2D eigenvalue weighted by atomic mass is 10.1. The smallest absolute Gasteiger partial charge is 0.125 e. The summed E-state index contributed by atoms with van der Waals surface area (Å²) in [4.78, 5) is 12.9. The molecule has 2 N–H and O–H groups in total. The second kappa shape index (κ2) is 9.52. The number of pyridine rings is 2. The summed E-state index contributed by atoms with van der Waals surface area (Å²) in [7, 11) is 0. The lowest BCUT2D eigenvalue weighted by Gasteiger charge is -2.11. The van der Waals surface area contributed by atoms with Crippen LogP contribution in [0.3, 0.4) is 0 Å². The molecule has 0 fully saturated rings. The first kappa shape index (κ1) is 19.4. The average molecular weight is 403 g/mol. The molecular formula is C23H22N4OS. The van der Waals surface area contributed by atoms with Gasteiger partial charge >= 0.3 is 0 Å². The lowest BCUT2D eigenvalue weighted by Crippen LogP contribution is -2.23. The highest BCUT2D eigenvalue weighted by Crippen LogP contribution is 2.28. The highest BCUT2D eigenvalue weighted by molar-refractivity contribution is 7.13. The van der Waals surface area contributed by atoms with Gasteiger partial charge in [-0.2, -0.15) is 0 Å². The fraction of sp³-hybridized carbons (Fsp3) is 0.174. The number of aromatic nitrogens is 3. The third kappa shape index (κ3) is 5.12. The largest absolute Gasteiger partial charge is 0.387 e. The minimum absolute atomic E-state index is 0.514. The molecule has 0 amide bonds. The Bertz CT molecular complexity index is 1020. The van der Waals surface area contributed by atoms with Crippen molar-refractivity contribution in [1.82, 2.24) is 20.3 Å². The molecule has 1 aromatic carbocycles. The minimum Gasteiger partial charge on any atom is -0.387 e. The van der Waals surface area contributed by atoms with Gasteiger partial charge in [0.1, 0.15) is 5.01 Å². The summed E-state index contributed by atoms with van der Waals surface area (Å²) in [6.45, 7) is 1.32. The maximum absolute atomic E-state index is 10.2. The zero-order valence-electron chi connectivity index (χ0n) is 15.9. The summed E-state index contributed by atoms with van der Waals surface area (Å²) in [5.74, 6) is 0. The molecule has 0 saturated heterocycles. The van der Waals surface area contributed by atoms with Crippen molar-refractivity contribution < 1.29 is 5.11 Å². The van der Waals surface area contributed by atoms with Crippen molar-refractivity contribution in [2.75, 3.05) is 13.1 Å². The molecule has 0 radical (unpaired) electrons. The highest BCUT2D eigenvalue weighted by atomic mass is 32.1. The van der Waals surface area contributed by atoms with E-state index in [4.69, 9.17) is 4.98 Å². The zero-order valence-corrected chi connectivity index (χ0v) is 16.7. The second-order valence-corrected chi connectivity index (χ2v) is 7.59. The maximum atomic E-state index is 10.2. The molecule has 3 heterocycles. The summed E-state index contributed by atoms with van der Waals surface area (Å²) in [5, 5.41) is 16.5. The van der Waals surface area contributed by atoms with E-state index in [1.54, 1.807) is 29.9 Å². The number of hydrogen-bond acceptors (Lipinski definition) is 6. The van der Waals surface area contributed by atoms with E-state index in [2.05, 4.69) is 44.9 Å². The van der Waals surface area contributed by atoms with Gasteiger partial charge in [0.25, 0.3) is 0 Å². The summed E-state index contributed by atoms with van der Waals surface area (Å²) in [6, 6.07) is 16.2. The van der Waals surface area contributed by atoms with Gasteiger partial charge in [0.05, 0.1) is 11.8 Å². The number of benzene rings is 1. The number of rotatable bonds is 8. The van der Waals surface area contributed by atoms with Gasteiger partial charge in [0, 0.05) is 53.4 Å². The Morgan fingerprint density at radius 1 is 0.931 bits per heavy atom. The summed E-state index contributed by atoms with van der Waals surface area (Å²) >= 11 is 1.63. The van der Waals surface area contributed by atoms with E-state index >= 15 is 0 Å². The Morgan fingerprint density at radius 3 is 2.45 bits per heavy atom. The predicted octanol–water partition coefficient (Wildman–Crippen LogP) is 4.13. The molecule has 4 aromatic rings. The molecule has 3 aromatic heterocycles. The molecule has 0 spiro atoms. The Hall–Kier alpha value is -2.93. The fourth-order valence-corrected chi connectivity index (χ4v) is 3.85. The molecule has 0 aliphatic rings. The van der Waals surface area contributed by atoms with E-state index in [1.807, 2.05) is 30.5 Å². The fourth-order valence-electron chi connectivity index (χ4n) is 3.03. The molecule has 5 nitrogen and oxygen atoms in total. The number of nitrogens with one attached hydrogen (secondary N) is 1. The third-order valence-corrected chi connectivity index (χ3v) is 5.55. The molecule has 0 aliphatic heterocycles. The van der Waals surface area contributed by atoms with Crippen LogP contribution in [0.15, 0.2) is 78.7 Å². The monoisotopic (exact) mass is 402 g/mol. The molecule has 1 atom stereocenters. The first-order chi connectivity index (χ1) is 14.3. The van der Waals surface area contributed by atoms with Gasteiger partial charge in [-0.25, -0.2) is 4.98 Å². The van der Waals surface area contributed by atoms with Crippen LogP contribution >= 0.6 is 11.3 Å². The summed E-state index contributed by atoms with van der Waals surface area (Å²) in [6.07, 6.45) is 7.37. The first-order valence-electron chi connectivity index (χ1n) is 9.53. The Balaban J connectivity index is 1.29. The molecule has 0 aliphatic carbocycles. The highest BCUT2D eigenvalue weighted by Gasteiger charge is 2.08. The van der Waals surface area contributed by atoms with Crippen molar-refractivity contribution in [2.45, 2.75) is 12.5 Å². The van der Waals surface area contributed by atoms with Crippen LogP contribution in [-0.2, 0) is 6.42 Å². The first-order valence-corrected chi connectivity index (χ1v) is 10.4. The molecule has 0 unspecified atom stereocenters. The topological polar surface area (TPSA) is 70.9 Å². The van der Waals surface area contributed by atoms with E-state index in [-0.39, 0.29) is 0 Å². The Kier molecular flexibility index (Phi) is 6.36. The Labute approximate surface area is 174 Å².